The Hall–Kier alpha value is -3.09. The van der Waals surface area contributed by atoms with Crippen LogP contribution in [-0.4, -0.2) is 91.4 Å². The number of nitrogens with one attached hydrogen (secondary N) is 1. The first-order valence-corrected chi connectivity index (χ1v) is 12.9. The lowest BCUT2D eigenvalue weighted by atomic mass is 9.96. The van der Waals surface area contributed by atoms with Gasteiger partial charge in [-0.1, -0.05) is 0 Å². The number of hydrogen-bond donors (Lipinski definition) is 1. The summed E-state index contributed by atoms with van der Waals surface area (Å²) >= 11 is 1.73. The van der Waals surface area contributed by atoms with E-state index >= 15 is 0 Å². The Morgan fingerprint density at radius 3 is 2.61 bits per heavy atom. The summed E-state index contributed by atoms with van der Waals surface area (Å²) in [5.74, 6) is 2.03. The standard InChI is InChI=1S/C24H31N7O4S/c1-25-22(32)15-4-6-30(7-5-15)14-16-12-18-19(36-16)21(31-8-10-35-11-9-31)28-20(27-18)17-13-26-24(34-3)29-23(17)33-2/h12-13,15H,4-11,14H2,1-3H3,(H,25,32). The highest BCUT2D eigenvalue weighted by molar-refractivity contribution is 7.19. The number of likely N-dealkylation sites (tertiary alicyclic amines) is 1. The van der Waals surface area contributed by atoms with Crippen LogP contribution >= 0.6 is 11.3 Å². The van der Waals surface area contributed by atoms with Crippen LogP contribution in [0.5, 0.6) is 11.9 Å². The van der Waals surface area contributed by atoms with E-state index in [2.05, 4.69) is 31.2 Å². The van der Waals surface area contributed by atoms with Crippen molar-refractivity contribution in [3.8, 4) is 23.3 Å². The molecule has 0 unspecified atom stereocenters. The number of carbonyl (C=O) groups is 1. The average Bonchev–Trinajstić information content (AvgIpc) is 3.34. The number of carbonyl (C=O) groups excluding carboxylic acids is 1. The molecule has 11 nitrogen and oxygen atoms in total. The number of nitrogens with zero attached hydrogens (tertiary/aromatic N) is 6. The Morgan fingerprint density at radius 2 is 1.92 bits per heavy atom. The van der Waals surface area contributed by atoms with Crippen LogP contribution in [0, 0.1) is 5.92 Å². The highest BCUT2D eigenvalue weighted by atomic mass is 32.1. The van der Waals surface area contributed by atoms with Crippen molar-refractivity contribution in [3.05, 3.63) is 17.1 Å². The van der Waals surface area contributed by atoms with E-state index in [4.69, 9.17) is 24.2 Å². The molecule has 2 saturated heterocycles. The minimum Gasteiger partial charge on any atom is -0.480 e. The Kier molecular flexibility index (Phi) is 7.44. The molecule has 0 saturated carbocycles. The molecule has 2 aliphatic heterocycles. The lowest BCUT2D eigenvalue weighted by Crippen LogP contribution is -2.39. The molecule has 12 heteroatoms. The van der Waals surface area contributed by atoms with Gasteiger partial charge in [0.25, 0.3) is 0 Å². The molecule has 0 atom stereocenters. The fourth-order valence-corrected chi connectivity index (χ4v) is 5.84. The summed E-state index contributed by atoms with van der Waals surface area (Å²) in [4.78, 5) is 36.3. The van der Waals surface area contributed by atoms with Crippen molar-refractivity contribution in [1.82, 2.24) is 30.2 Å². The van der Waals surface area contributed by atoms with E-state index < -0.39 is 0 Å². The summed E-state index contributed by atoms with van der Waals surface area (Å²) < 4.78 is 17.3. The molecule has 0 spiro atoms. The van der Waals surface area contributed by atoms with E-state index in [9.17, 15) is 4.79 Å². The molecule has 5 rings (SSSR count). The van der Waals surface area contributed by atoms with E-state index in [0.717, 1.165) is 61.6 Å². The third-order valence-electron chi connectivity index (χ3n) is 6.65. The summed E-state index contributed by atoms with van der Waals surface area (Å²) in [6.45, 7) is 5.49. The smallest absolute Gasteiger partial charge is 0.319 e. The molecular formula is C24H31N7O4S. The van der Waals surface area contributed by atoms with Crippen LogP contribution in [0.25, 0.3) is 21.6 Å². The van der Waals surface area contributed by atoms with Crippen LogP contribution in [0.3, 0.4) is 0 Å². The van der Waals surface area contributed by atoms with E-state index in [0.29, 0.717) is 30.5 Å². The van der Waals surface area contributed by atoms with Gasteiger partial charge in [0.2, 0.25) is 11.8 Å². The first-order chi connectivity index (χ1) is 17.6. The number of amides is 1. The Bertz CT molecular complexity index is 1220. The highest BCUT2D eigenvalue weighted by Gasteiger charge is 2.26. The molecule has 36 heavy (non-hydrogen) atoms. The first kappa shape index (κ1) is 24.6. The normalized spacial score (nSPS) is 17.4. The summed E-state index contributed by atoms with van der Waals surface area (Å²) in [6.07, 6.45) is 3.40. The van der Waals surface area contributed by atoms with Crippen molar-refractivity contribution in [1.29, 1.82) is 0 Å². The minimum atomic E-state index is 0.108. The van der Waals surface area contributed by atoms with Gasteiger partial charge in [0, 0.05) is 43.7 Å². The fourth-order valence-electron chi connectivity index (χ4n) is 4.69. The number of fused-ring (bicyclic) bond motifs is 1. The zero-order valence-corrected chi connectivity index (χ0v) is 21.6. The van der Waals surface area contributed by atoms with E-state index in [1.54, 1.807) is 31.7 Å². The quantitative estimate of drug-likeness (QED) is 0.503. The van der Waals surface area contributed by atoms with Crippen molar-refractivity contribution in [2.45, 2.75) is 19.4 Å². The zero-order valence-electron chi connectivity index (χ0n) is 20.8. The topological polar surface area (TPSA) is 115 Å². The Labute approximate surface area is 213 Å². The van der Waals surface area contributed by atoms with Gasteiger partial charge < -0.3 is 24.4 Å². The van der Waals surface area contributed by atoms with Crippen LogP contribution in [-0.2, 0) is 16.1 Å². The van der Waals surface area contributed by atoms with Crippen LogP contribution in [0.15, 0.2) is 12.3 Å². The average molecular weight is 514 g/mol. The number of piperidine rings is 1. The molecule has 1 amide bonds. The number of ether oxygens (including phenoxy) is 3. The highest BCUT2D eigenvalue weighted by Crippen LogP contribution is 2.37. The van der Waals surface area contributed by atoms with Gasteiger partial charge >= 0.3 is 6.01 Å². The summed E-state index contributed by atoms with van der Waals surface area (Å²) in [5, 5.41) is 2.78. The van der Waals surface area contributed by atoms with Gasteiger partial charge in [-0.2, -0.15) is 4.98 Å². The largest absolute Gasteiger partial charge is 0.480 e. The van der Waals surface area contributed by atoms with Crippen molar-refractivity contribution < 1.29 is 19.0 Å². The molecule has 2 aliphatic rings. The molecule has 0 radical (unpaired) electrons. The minimum absolute atomic E-state index is 0.108. The Morgan fingerprint density at radius 1 is 1.14 bits per heavy atom. The molecule has 0 bridgehead atoms. The predicted octanol–water partition coefficient (Wildman–Crippen LogP) is 1.96. The van der Waals surface area contributed by atoms with Gasteiger partial charge in [-0.15, -0.1) is 11.3 Å². The maximum Gasteiger partial charge on any atom is 0.319 e. The molecule has 5 heterocycles. The molecule has 0 aliphatic carbocycles. The van der Waals surface area contributed by atoms with Crippen LogP contribution < -0.4 is 19.7 Å². The van der Waals surface area contributed by atoms with Crippen molar-refractivity contribution in [3.63, 3.8) is 0 Å². The third-order valence-corrected chi connectivity index (χ3v) is 7.75. The van der Waals surface area contributed by atoms with Crippen molar-refractivity contribution in [2.75, 3.05) is 65.6 Å². The van der Waals surface area contributed by atoms with Crippen LogP contribution in [0.1, 0.15) is 17.7 Å². The number of morpholine rings is 1. The number of anilines is 1. The lowest BCUT2D eigenvalue weighted by molar-refractivity contribution is -0.125. The van der Waals surface area contributed by atoms with Gasteiger partial charge in [0.15, 0.2) is 11.6 Å². The lowest BCUT2D eigenvalue weighted by Gasteiger charge is -2.30. The zero-order chi connectivity index (χ0) is 25.1. The fraction of sp³-hybridized carbons (Fsp3) is 0.542. The van der Waals surface area contributed by atoms with Gasteiger partial charge in [-0.3, -0.25) is 9.69 Å². The molecule has 3 aromatic rings. The second kappa shape index (κ2) is 10.9. The maximum atomic E-state index is 12.0. The number of rotatable bonds is 7. The number of thiophene rings is 1. The van der Waals surface area contributed by atoms with Crippen LogP contribution in [0.2, 0.25) is 0 Å². The maximum absolute atomic E-state index is 12.0. The van der Waals surface area contributed by atoms with Crippen molar-refractivity contribution in [2.24, 2.45) is 5.92 Å². The van der Waals surface area contributed by atoms with E-state index in [1.165, 1.54) is 12.0 Å². The van der Waals surface area contributed by atoms with Crippen LogP contribution in [0.4, 0.5) is 5.82 Å². The summed E-state index contributed by atoms with van der Waals surface area (Å²) in [6, 6.07) is 2.37. The molecule has 3 aromatic heterocycles. The van der Waals surface area contributed by atoms with Gasteiger partial charge in [0.05, 0.1) is 37.6 Å². The molecule has 1 N–H and O–H groups in total. The SMILES string of the molecule is CNC(=O)C1CCN(Cc2cc3nc(-c4cnc(OC)nc4OC)nc(N4CCOCC4)c3s2)CC1. The molecule has 0 aromatic carbocycles. The van der Waals surface area contributed by atoms with Gasteiger partial charge in [-0.05, 0) is 32.0 Å². The van der Waals surface area contributed by atoms with Gasteiger partial charge in [-0.25, -0.2) is 15.0 Å². The number of hydrogen-bond acceptors (Lipinski definition) is 11. The second-order valence-electron chi connectivity index (χ2n) is 8.84. The number of aromatic nitrogens is 4. The summed E-state index contributed by atoms with van der Waals surface area (Å²) in [7, 11) is 4.78. The summed E-state index contributed by atoms with van der Waals surface area (Å²) in [5.41, 5.74) is 1.50. The van der Waals surface area contributed by atoms with E-state index in [1.807, 2.05) is 0 Å². The number of methoxy groups -OCH3 is 2. The van der Waals surface area contributed by atoms with Crippen molar-refractivity contribution >= 4 is 33.3 Å². The molecule has 192 valence electrons. The monoisotopic (exact) mass is 513 g/mol. The third kappa shape index (κ3) is 5.06. The predicted molar refractivity (Wildman–Crippen MR) is 137 cm³/mol. The van der Waals surface area contributed by atoms with Gasteiger partial charge in [0.1, 0.15) is 5.56 Å². The second-order valence-corrected chi connectivity index (χ2v) is 9.98. The van der Waals surface area contributed by atoms with E-state index in [-0.39, 0.29) is 17.8 Å². The molecule has 2 fully saturated rings. The first-order valence-electron chi connectivity index (χ1n) is 12.1. The Balaban J connectivity index is 1.47. The molecular weight excluding hydrogens is 482 g/mol.